The Kier molecular flexibility index (Phi) is 5.09. The van der Waals surface area contributed by atoms with Gasteiger partial charge in [0.05, 0.1) is 6.21 Å². The summed E-state index contributed by atoms with van der Waals surface area (Å²) in [7, 11) is 0. The molecule has 3 rings (SSSR count). The van der Waals surface area contributed by atoms with Crippen LogP contribution in [0.15, 0.2) is 58.1 Å². The first kappa shape index (κ1) is 17.9. The minimum absolute atomic E-state index is 0.00357. The van der Waals surface area contributed by atoms with E-state index in [0.29, 0.717) is 5.92 Å². The van der Waals surface area contributed by atoms with E-state index >= 15 is 0 Å². The minimum atomic E-state index is -0.00357. The first-order valence-corrected chi connectivity index (χ1v) is 9.33. The zero-order valence-electron chi connectivity index (χ0n) is 14.8. The largest absolute Gasteiger partial charge is 0.273 e. The molecule has 4 heteroatoms. The molecule has 0 aliphatic heterocycles. The third kappa shape index (κ3) is 4.57. The van der Waals surface area contributed by atoms with Crippen LogP contribution < -0.4 is 5.43 Å². The molecule has 1 saturated carbocycles. The number of hydrazone groups is 1. The fourth-order valence-electron chi connectivity index (χ4n) is 2.92. The van der Waals surface area contributed by atoms with Gasteiger partial charge in [0.25, 0.3) is 0 Å². The summed E-state index contributed by atoms with van der Waals surface area (Å²) in [6.45, 7) is 6.62. The minimum Gasteiger partial charge on any atom is -0.273 e. The first-order chi connectivity index (χ1) is 11.8. The fraction of sp³-hybridized carbons (Fsp3) is 0.333. The van der Waals surface area contributed by atoms with Gasteiger partial charge in [-0.3, -0.25) is 4.79 Å². The lowest BCUT2D eigenvalue weighted by Crippen LogP contribution is -2.20. The van der Waals surface area contributed by atoms with Crippen LogP contribution in [0.4, 0.5) is 0 Å². The predicted molar refractivity (Wildman–Crippen MR) is 106 cm³/mol. The van der Waals surface area contributed by atoms with Crippen molar-refractivity contribution in [1.29, 1.82) is 0 Å². The lowest BCUT2D eigenvalue weighted by molar-refractivity contribution is -0.122. The molecule has 0 bridgehead atoms. The van der Waals surface area contributed by atoms with E-state index in [4.69, 9.17) is 0 Å². The number of benzene rings is 2. The van der Waals surface area contributed by atoms with E-state index in [2.05, 4.69) is 71.5 Å². The van der Waals surface area contributed by atoms with E-state index in [1.54, 1.807) is 6.21 Å². The molecule has 1 aliphatic rings. The van der Waals surface area contributed by atoms with Gasteiger partial charge in [-0.15, -0.1) is 0 Å². The van der Waals surface area contributed by atoms with E-state index in [0.717, 1.165) is 16.5 Å². The molecular weight excluding hydrogens is 376 g/mol. The second kappa shape index (κ2) is 7.12. The fourth-order valence-corrected chi connectivity index (χ4v) is 3.34. The van der Waals surface area contributed by atoms with Gasteiger partial charge in [-0.25, -0.2) is 5.43 Å². The number of halogens is 1. The topological polar surface area (TPSA) is 41.5 Å². The van der Waals surface area contributed by atoms with Crippen molar-refractivity contribution >= 4 is 28.1 Å². The molecule has 0 unspecified atom stereocenters. The molecule has 2 aromatic rings. The molecule has 0 radical (unpaired) electrons. The van der Waals surface area contributed by atoms with Gasteiger partial charge in [0.1, 0.15) is 0 Å². The summed E-state index contributed by atoms with van der Waals surface area (Å²) in [4.78, 5) is 12.2. The maximum Gasteiger partial charge on any atom is 0.243 e. The second-order valence-electron chi connectivity index (χ2n) is 7.61. The molecule has 1 amide bonds. The highest BCUT2D eigenvalue weighted by atomic mass is 79.9. The summed E-state index contributed by atoms with van der Waals surface area (Å²) in [5.41, 5.74) is 6.32. The molecule has 0 heterocycles. The van der Waals surface area contributed by atoms with Crippen molar-refractivity contribution < 1.29 is 4.79 Å². The van der Waals surface area contributed by atoms with Gasteiger partial charge < -0.3 is 0 Å². The van der Waals surface area contributed by atoms with E-state index in [-0.39, 0.29) is 17.2 Å². The number of amides is 1. The number of carbonyl (C=O) groups is 1. The SMILES string of the molecule is CC(C)(C)c1ccc([C@H]2C[C@H]2C(=O)N/N=C\c2cccc(Br)c2)cc1. The molecule has 0 spiro atoms. The van der Waals surface area contributed by atoms with Crippen molar-refractivity contribution in [3.63, 3.8) is 0 Å². The molecule has 2 atom stereocenters. The van der Waals surface area contributed by atoms with E-state index < -0.39 is 0 Å². The summed E-state index contributed by atoms with van der Waals surface area (Å²) >= 11 is 3.42. The molecular formula is C21H23BrN2O. The van der Waals surface area contributed by atoms with Gasteiger partial charge in [0, 0.05) is 10.4 Å². The van der Waals surface area contributed by atoms with Crippen LogP contribution in [0, 0.1) is 5.92 Å². The summed E-state index contributed by atoms with van der Waals surface area (Å²) in [5, 5.41) is 4.07. The summed E-state index contributed by atoms with van der Waals surface area (Å²) in [5.74, 6) is 0.339. The van der Waals surface area contributed by atoms with Crippen LogP contribution in [0.25, 0.3) is 0 Å². The Labute approximate surface area is 157 Å². The van der Waals surface area contributed by atoms with E-state index in [9.17, 15) is 4.79 Å². The second-order valence-corrected chi connectivity index (χ2v) is 8.53. The lowest BCUT2D eigenvalue weighted by atomic mass is 9.86. The van der Waals surface area contributed by atoms with Gasteiger partial charge in [-0.2, -0.15) is 5.10 Å². The standard InChI is InChI=1S/C21H23BrN2O/c1-21(2,3)16-9-7-15(8-10-16)18-12-19(18)20(25)24-23-13-14-5-4-6-17(22)11-14/h4-11,13,18-19H,12H2,1-3H3,(H,24,25)/b23-13-/t18-,19-/m1/s1. The van der Waals surface area contributed by atoms with Crippen LogP contribution in [0.2, 0.25) is 0 Å². The molecule has 130 valence electrons. The average molecular weight is 399 g/mol. The van der Waals surface area contributed by atoms with Crippen LogP contribution in [0.1, 0.15) is 49.8 Å². The number of nitrogens with zero attached hydrogens (tertiary/aromatic N) is 1. The highest BCUT2D eigenvalue weighted by Gasteiger charge is 2.43. The van der Waals surface area contributed by atoms with Crippen LogP contribution in [0.5, 0.6) is 0 Å². The van der Waals surface area contributed by atoms with Crippen molar-refractivity contribution in [2.24, 2.45) is 11.0 Å². The predicted octanol–water partition coefficient (Wildman–Crippen LogP) is 5.00. The first-order valence-electron chi connectivity index (χ1n) is 8.53. The Hall–Kier alpha value is -1.94. The summed E-state index contributed by atoms with van der Waals surface area (Å²) in [6, 6.07) is 16.4. The van der Waals surface area contributed by atoms with Gasteiger partial charge in [0.15, 0.2) is 0 Å². The van der Waals surface area contributed by atoms with Gasteiger partial charge in [0.2, 0.25) is 5.91 Å². The van der Waals surface area contributed by atoms with Crippen LogP contribution in [-0.2, 0) is 10.2 Å². The lowest BCUT2D eigenvalue weighted by Gasteiger charge is -2.19. The van der Waals surface area contributed by atoms with Crippen molar-refractivity contribution in [3.05, 3.63) is 69.7 Å². The summed E-state index contributed by atoms with van der Waals surface area (Å²) < 4.78 is 0.990. The zero-order valence-corrected chi connectivity index (χ0v) is 16.4. The molecule has 1 aliphatic carbocycles. The van der Waals surface area contributed by atoms with Crippen molar-refractivity contribution in [3.8, 4) is 0 Å². The maximum absolute atomic E-state index is 12.2. The van der Waals surface area contributed by atoms with E-state index in [1.165, 1.54) is 11.1 Å². The van der Waals surface area contributed by atoms with E-state index in [1.807, 2.05) is 24.3 Å². The monoisotopic (exact) mass is 398 g/mol. The molecule has 2 aromatic carbocycles. The number of nitrogens with one attached hydrogen (secondary N) is 1. The van der Waals surface area contributed by atoms with Gasteiger partial charge in [-0.05, 0) is 46.6 Å². The Morgan fingerprint density at radius 2 is 1.92 bits per heavy atom. The highest BCUT2D eigenvalue weighted by molar-refractivity contribution is 9.10. The third-order valence-corrected chi connectivity index (χ3v) is 5.06. The van der Waals surface area contributed by atoms with Crippen molar-refractivity contribution in [1.82, 2.24) is 5.43 Å². The number of rotatable bonds is 4. The Morgan fingerprint density at radius 1 is 1.20 bits per heavy atom. The Balaban J connectivity index is 1.55. The third-order valence-electron chi connectivity index (χ3n) is 4.57. The number of hydrogen-bond donors (Lipinski definition) is 1. The van der Waals surface area contributed by atoms with Crippen LogP contribution in [-0.4, -0.2) is 12.1 Å². The average Bonchev–Trinajstić information content (AvgIpc) is 3.35. The Morgan fingerprint density at radius 3 is 2.56 bits per heavy atom. The van der Waals surface area contributed by atoms with Crippen LogP contribution >= 0.6 is 15.9 Å². The normalized spacial score (nSPS) is 19.8. The van der Waals surface area contributed by atoms with Crippen molar-refractivity contribution in [2.45, 2.75) is 38.5 Å². The molecule has 1 N–H and O–H groups in total. The van der Waals surface area contributed by atoms with Crippen molar-refractivity contribution in [2.75, 3.05) is 0 Å². The highest BCUT2D eigenvalue weighted by Crippen LogP contribution is 2.47. The molecule has 0 saturated heterocycles. The molecule has 3 nitrogen and oxygen atoms in total. The maximum atomic E-state index is 12.2. The quantitative estimate of drug-likeness (QED) is 0.571. The zero-order chi connectivity index (χ0) is 18.0. The Bertz CT molecular complexity index is 790. The summed E-state index contributed by atoms with van der Waals surface area (Å²) in [6.07, 6.45) is 2.56. The number of hydrogen-bond acceptors (Lipinski definition) is 2. The van der Waals surface area contributed by atoms with Gasteiger partial charge in [-0.1, -0.05) is 73.1 Å². The molecule has 0 aromatic heterocycles. The smallest absolute Gasteiger partial charge is 0.243 e. The molecule has 1 fully saturated rings. The number of carbonyl (C=O) groups excluding carboxylic acids is 1. The van der Waals surface area contributed by atoms with Gasteiger partial charge >= 0.3 is 0 Å². The van der Waals surface area contributed by atoms with Crippen LogP contribution in [0.3, 0.4) is 0 Å². The molecule has 25 heavy (non-hydrogen) atoms.